The van der Waals surface area contributed by atoms with Crippen molar-refractivity contribution in [3.63, 3.8) is 0 Å². The minimum atomic E-state index is 0. The highest BCUT2D eigenvalue weighted by Gasteiger charge is 1.94. The molecule has 0 aromatic carbocycles. The second-order valence-corrected chi connectivity index (χ2v) is 2.68. The van der Waals surface area contributed by atoms with Gasteiger partial charge in [0.1, 0.15) is 0 Å². The zero-order valence-electron chi connectivity index (χ0n) is 7.44. The van der Waals surface area contributed by atoms with Crippen LogP contribution in [-0.4, -0.2) is 13.1 Å². The van der Waals surface area contributed by atoms with E-state index in [0.717, 1.165) is 0 Å². The summed E-state index contributed by atoms with van der Waals surface area (Å²) in [6, 6.07) is 0. The first-order chi connectivity index (χ1) is 4.50. The molecule has 1 N–H and O–H groups in total. The zero-order valence-corrected chi connectivity index (χ0v) is 7.44. The first kappa shape index (κ1) is 13.5. The number of nitrogens with one attached hydrogen (secondary N) is 1. The molecule has 1 rings (SSSR count). The van der Waals surface area contributed by atoms with E-state index in [4.69, 9.17) is 0 Å². The molecular weight excluding hydrogens is 134 g/mol. The third-order valence-corrected chi connectivity index (χ3v) is 1.79. The zero-order chi connectivity index (χ0) is 6.36. The third-order valence-electron chi connectivity index (χ3n) is 1.79. The normalized spacial score (nSPS) is 19.6. The number of hydrogen-bond acceptors (Lipinski definition) is 1. The van der Waals surface area contributed by atoms with Gasteiger partial charge in [-0.15, -0.1) is 0 Å². The summed E-state index contributed by atoms with van der Waals surface area (Å²) in [4.78, 5) is 0. The number of rotatable bonds is 0. The molecule has 0 atom stereocenters. The van der Waals surface area contributed by atoms with E-state index in [2.05, 4.69) is 11.7 Å². The Morgan fingerprint density at radius 2 is 1.64 bits per heavy atom. The van der Waals surface area contributed by atoms with Crippen LogP contribution >= 0.6 is 0 Å². The SMILES string of the molecule is [CH2].[CH2].[CH]1CCCCCNCC1. The first-order valence-corrected chi connectivity index (χ1v) is 4.02. The summed E-state index contributed by atoms with van der Waals surface area (Å²) in [5, 5.41) is 3.40. The van der Waals surface area contributed by atoms with Crippen molar-refractivity contribution in [2.45, 2.75) is 32.1 Å². The van der Waals surface area contributed by atoms with Crippen LogP contribution in [0.5, 0.6) is 0 Å². The monoisotopic (exact) mass is 154 g/mol. The van der Waals surface area contributed by atoms with Crippen molar-refractivity contribution < 1.29 is 0 Å². The van der Waals surface area contributed by atoms with Gasteiger partial charge in [-0.05, 0) is 32.4 Å². The summed E-state index contributed by atoms with van der Waals surface area (Å²) in [7, 11) is 0. The average Bonchev–Trinajstić information content (AvgIpc) is 2.00. The van der Waals surface area contributed by atoms with E-state index in [0.29, 0.717) is 0 Å². The highest BCUT2D eigenvalue weighted by molar-refractivity contribution is 4.68. The van der Waals surface area contributed by atoms with Crippen LogP contribution in [0.4, 0.5) is 0 Å². The fourth-order valence-corrected chi connectivity index (χ4v) is 1.19. The fourth-order valence-electron chi connectivity index (χ4n) is 1.19. The van der Waals surface area contributed by atoms with Crippen molar-refractivity contribution in [1.29, 1.82) is 0 Å². The van der Waals surface area contributed by atoms with Crippen molar-refractivity contribution >= 4 is 0 Å². The van der Waals surface area contributed by atoms with Gasteiger partial charge in [-0.2, -0.15) is 0 Å². The maximum absolute atomic E-state index is 3.40. The molecule has 65 valence electrons. The second kappa shape index (κ2) is 9.96. The maximum atomic E-state index is 3.40. The largest absolute Gasteiger partial charge is 0.317 e. The Balaban J connectivity index is 0. The Bertz CT molecular complexity index is 33.4. The molecule has 1 heteroatoms. The Morgan fingerprint density at radius 1 is 0.818 bits per heavy atom. The molecule has 1 fully saturated rings. The van der Waals surface area contributed by atoms with Crippen LogP contribution in [0.25, 0.3) is 0 Å². The number of hydrogen-bond donors (Lipinski definition) is 1. The smallest absolute Gasteiger partial charge is 0.00462 e. The molecule has 5 radical (unpaired) electrons. The minimum Gasteiger partial charge on any atom is -0.317 e. The van der Waals surface area contributed by atoms with E-state index < -0.39 is 0 Å². The molecule has 1 aliphatic rings. The summed E-state index contributed by atoms with van der Waals surface area (Å²) >= 11 is 0. The summed E-state index contributed by atoms with van der Waals surface area (Å²) in [5.41, 5.74) is 0. The first-order valence-electron chi connectivity index (χ1n) is 4.02. The van der Waals surface area contributed by atoms with Crippen molar-refractivity contribution in [3.05, 3.63) is 21.3 Å². The van der Waals surface area contributed by atoms with Crippen molar-refractivity contribution in [3.8, 4) is 0 Å². The van der Waals surface area contributed by atoms with Crippen LogP contribution < -0.4 is 5.32 Å². The van der Waals surface area contributed by atoms with Crippen molar-refractivity contribution in [2.24, 2.45) is 0 Å². The third kappa shape index (κ3) is 7.86. The molecule has 11 heavy (non-hydrogen) atoms. The fraction of sp³-hybridized carbons (Fsp3) is 0.700. The van der Waals surface area contributed by atoms with E-state index in [-0.39, 0.29) is 14.9 Å². The van der Waals surface area contributed by atoms with E-state index in [1.54, 1.807) is 0 Å². The van der Waals surface area contributed by atoms with Gasteiger partial charge in [0.15, 0.2) is 0 Å². The summed E-state index contributed by atoms with van der Waals surface area (Å²) in [5.74, 6) is 0. The molecule has 1 aliphatic heterocycles. The lowest BCUT2D eigenvalue weighted by molar-refractivity contribution is 0.633. The molecule has 0 aromatic heterocycles. The van der Waals surface area contributed by atoms with Crippen LogP contribution in [0.1, 0.15) is 32.1 Å². The van der Waals surface area contributed by atoms with Gasteiger partial charge in [-0.1, -0.05) is 34.1 Å². The minimum absolute atomic E-state index is 0. The Kier molecular flexibility index (Phi) is 12.3. The van der Waals surface area contributed by atoms with Crippen molar-refractivity contribution in [2.75, 3.05) is 13.1 Å². The molecule has 1 nitrogen and oxygen atoms in total. The molecule has 0 aliphatic carbocycles. The lowest BCUT2D eigenvalue weighted by Crippen LogP contribution is -2.15. The highest BCUT2D eigenvalue weighted by Crippen LogP contribution is 2.04. The van der Waals surface area contributed by atoms with Crippen LogP contribution in [0, 0.1) is 21.3 Å². The molecule has 1 heterocycles. The molecule has 0 aromatic rings. The maximum Gasteiger partial charge on any atom is -0.00462 e. The summed E-state index contributed by atoms with van der Waals surface area (Å²) in [6.07, 6.45) is 9.18. The molecule has 0 bridgehead atoms. The lowest BCUT2D eigenvalue weighted by Gasteiger charge is -1.97. The Labute approximate surface area is 72.6 Å². The Hall–Kier alpha value is -0.0400. The van der Waals surface area contributed by atoms with E-state index in [9.17, 15) is 0 Å². The standard InChI is InChI=1S/C8H16N.2CH2/c1-2-4-6-8-9-7-5-3-1;;/h3,9H,1-2,4-8H2;2*1H2. The molecule has 0 spiro atoms. The molecule has 0 amide bonds. The molecule has 0 saturated carbocycles. The van der Waals surface area contributed by atoms with E-state index in [1.165, 1.54) is 45.2 Å². The lowest BCUT2D eigenvalue weighted by atomic mass is 10.1. The summed E-state index contributed by atoms with van der Waals surface area (Å²) < 4.78 is 0. The van der Waals surface area contributed by atoms with E-state index in [1.807, 2.05) is 0 Å². The highest BCUT2D eigenvalue weighted by atomic mass is 14.8. The van der Waals surface area contributed by atoms with Crippen LogP contribution in [0.2, 0.25) is 0 Å². The second-order valence-electron chi connectivity index (χ2n) is 2.68. The van der Waals surface area contributed by atoms with Gasteiger partial charge in [-0.25, -0.2) is 0 Å². The summed E-state index contributed by atoms with van der Waals surface area (Å²) in [6.45, 7) is 2.42. The van der Waals surface area contributed by atoms with Crippen LogP contribution in [0.3, 0.4) is 0 Å². The average molecular weight is 154 g/mol. The van der Waals surface area contributed by atoms with Crippen molar-refractivity contribution in [1.82, 2.24) is 5.32 Å². The van der Waals surface area contributed by atoms with Gasteiger partial charge >= 0.3 is 0 Å². The van der Waals surface area contributed by atoms with Gasteiger partial charge in [-0.3, -0.25) is 0 Å². The van der Waals surface area contributed by atoms with Crippen LogP contribution in [-0.2, 0) is 0 Å². The van der Waals surface area contributed by atoms with Gasteiger partial charge in [0.2, 0.25) is 0 Å². The van der Waals surface area contributed by atoms with Gasteiger partial charge < -0.3 is 5.32 Å². The predicted molar refractivity (Wildman–Crippen MR) is 51.0 cm³/mol. The van der Waals surface area contributed by atoms with Gasteiger partial charge in [0, 0.05) is 0 Å². The quantitative estimate of drug-likeness (QED) is 0.565. The molecular formula is C10H20N. The predicted octanol–water partition coefficient (Wildman–Crippen LogP) is 2.40. The van der Waals surface area contributed by atoms with Gasteiger partial charge in [0.05, 0.1) is 0 Å². The molecule has 0 unspecified atom stereocenters. The van der Waals surface area contributed by atoms with Crippen LogP contribution in [0.15, 0.2) is 0 Å². The topological polar surface area (TPSA) is 12.0 Å². The van der Waals surface area contributed by atoms with Gasteiger partial charge in [0.25, 0.3) is 0 Å². The molecule has 1 saturated heterocycles. The Morgan fingerprint density at radius 3 is 2.45 bits per heavy atom. The van der Waals surface area contributed by atoms with E-state index >= 15 is 0 Å².